The Morgan fingerprint density at radius 1 is 1.65 bits per heavy atom. The van der Waals surface area contributed by atoms with Crippen LogP contribution in [0.4, 0.5) is 0 Å². The number of aryl methyl sites for hydroxylation is 2. The molecule has 6 heteroatoms. The second kappa shape index (κ2) is 5.06. The van der Waals surface area contributed by atoms with E-state index in [1.807, 2.05) is 13.8 Å². The van der Waals surface area contributed by atoms with Crippen molar-refractivity contribution in [3.63, 3.8) is 0 Å². The lowest BCUT2D eigenvalue weighted by atomic mass is 9.99. The minimum atomic E-state index is -0.939. The molecule has 17 heavy (non-hydrogen) atoms. The zero-order chi connectivity index (χ0) is 13.2. The van der Waals surface area contributed by atoms with Crippen LogP contribution in [-0.2, 0) is 18.4 Å². The minimum absolute atomic E-state index is 0.398. The van der Waals surface area contributed by atoms with Gasteiger partial charge in [-0.1, -0.05) is 18.5 Å². The third-order valence-corrected chi connectivity index (χ3v) is 3.58. The molecule has 0 amide bonds. The van der Waals surface area contributed by atoms with Crippen LogP contribution < -0.4 is 5.32 Å². The fraction of sp³-hybridized carbons (Fsp3) is 0.636. The lowest BCUT2D eigenvalue weighted by Gasteiger charge is -2.24. The van der Waals surface area contributed by atoms with Crippen LogP contribution in [0.2, 0.25) is 5.15 Å². The van der Waals surface area contributed by atoms with E-state index in [4.69, 9.17) is 16.7 Å². The molecule has 0 saturated heterocycles. The molecule has 0 bridgehead atoms. The Kier molecular flexibility index (Phi) is 4.16. The highest BCUT2D eigenvalue weighted by molar-refractivity contribution is 6.30. The molecule has 1 aromatic heterocycles. The molecule has 96 valence electrons. The quantitative estimate of drug-likeness (QED) is 0.845. The Morgan fingerprint density at radius 2 is 2.24 bits per heavy atom. The molecule has 0 radical (unpaired) electrons. The van der Waals surface area contributed by atoms with E-state index in [1.54, 1.807) is 18.7 Å². The van der Waals surface area contributed by atoms with Gasteiger partial charge in [0.25, 0.3) is 0 Å². The molecule has 0 fully saturated rings. The van der Waals surface area contributed by atoms with Gasteiger partial charge in [-0.2, -0.15) is 5.10 Å². The highest BCUT2D eigenvalue weighted by Gasteiger charge is 2.30. The number of carboxylic acids is 1. The maximum Gasteiger partial charge on any atom is 0.323 e. The molecule has 1 heterocycles. The van der Waals surface area contributed by atoms with Crippen molar-refractivity contribution in [3.05, 3.63) is 16.4 Å². The van der Waals surface area contributed by atoms with Crippen LogP contribution in [0.1, 0.15) is 31.5 Å². The lowest BCUT2D eigenvalue weighted by molar-refractivity contribution is -0.144. The van der Waals surface area contributed by atoms with Crippen molar-refractivity contribution in [2.24, 2.45) is 7.05 Å². The van der Waals surface area contributed by atoms with Crippen LogP contribution in [0.15, 0.2) is 0 Å². The number of carboxylic acid groups (broad SMARTS) is 1. The maximum atomic E-state index is 11.1. The second-order valence-electron chi connectivity index (χ2n) is 4.32. The van der Waals surface area contributed by atoms with E-state index in [9.17, 15) is 4.79 Å². The highest BCUT2D eigenvalue weighted by atomic mass is 35.5. The number of hydrogen-bond acceptors (Lipinski definition) is 3. The summed E-state index contributed by atoms with van der Waals surface area (Å²) in [4.78, 5) is 11.1. The van der Waals surface area contributed by atoms with Gasteiger partial charge in [-0.25, -0.2) is 0 Å². The predicted molar refractivity (Wildman–Crippen MR) is 66.1 cm³/mol. The van der Waals surface area contributed by atoms with Gasteiger partial charge in [0.15, 0.2) is 0 Å². The molecule has 1 rings (SSSR count). The fourth-order valence-corrected chi connectivity index (χ4v) is 1.75. The first-order chi connectivity index (χ1) is 7.81. The number of rotatable bonds is 5. The Bertz CT molecular complexity index is 431. The van der Waals surface area contributed by atoms with Gasteiger partial charge in [0.2, 0.25) is 0 Å². The summed E-state index contributed by atoms with van der Waals surface area (Å²) in [6, 6.07) is 0. The van der Waals surface area contributed by atoms with Gasteiger partial charge in [-0.3, -0.25) is 14.8 Å². The monoisotopic (exact) mass is 259 g/mol. The molecule has 1 aromatic rings. The van der Waals surface area contributed by atoms with E-state index >= 15 is 0 Å². The van der Waals surface area contributed by atoms with Crippen molar-refractivity contribution in [1.29, 1.82) is 0 Å². The number of nitrogens with zero attached hydrogens (tertiary/aromatic N) is 2. The molecule has 1 atom stereocenters. The highest BCUT2D eigenvalue weighted by Crippen LogP contribution is 2.20. The number of aromatic nitrogens is 2. The van der Waals surface area contributed by atoms with Crippen LogP contribution in [0.25, 0.3) is 0 Å². The summed E-state index contributed by atoms with van der Waals surface area (Å²) in [6.45, 7) is 5.75. The first-order valence-corrected chi connectivity index (χ1v) is 5.86. The van der Waals surface area contributed by atoms with E-state index in [2.05, 4.69) is 10.4 Å². The molecule has 0 aromatic carbocycles. The summed E-state index contributed by atoms with van der Waals surface area (Å²) in [5, 5.41) is 16.9. The fourth-order valence-electron chi connectivity index (χ4n) is 1.51. The standard InChI is InChI=1S/C11H18ClN3O2/c1-5-11(3,10(16)17)13-6-8-7(2)14-15(4)9(8)12/h13H,5-6H2,1-4H3,(H,16,17). The smallest absolute Gasteiger partial charge is 0.323 e. The number of hydrogen-bond donors (Lipinski definition) is 2. The Labute approximate surface area is 106 Å². The molecule has 5 nitrogen and oxygen atoms in total. The topological polar surface area (TPSA) is 67.2 Å². The molecular weight excluding hydrogens is 242 g/mol. The predicted octanol–water partition coefficient (Wildman–Crippen LogP) is 1.72. The largest absolute Gasteiger partial charge is 0.480 e. The number of aliphatic carboxylic acids is 1. The van der Waals surface area contributed by atoms with Crippen molar-refractivity contribution in [2.45, 2.75) is 39.3 Å². The Balaban J connectivity index is 2.83. The lowest BCUT2D eigenvalue weighted by Crippen LogP contribution is -2.48. The Hall–Kier alpha value is -1.07. The van der Waals surface area contributed by atoms with E-state index in [0.717, 1.165) is 11.3 Å². The number of carbonyl (C=O) groups is 1. The van der Waals surface area contributed by atoms with E-state index in [0.29, 0.717) is 18.1 Å². The number of nitrogens with one attached hydrogen (secondary N) is 1. The molecular formula is C11H18ClN3O2. The second-order valence-corrected chi connectivity index (χ2v) is 4.68. The van der Waals surface area contributed by atoms with Gasteiger partial charge >= 0.3 is 5.97 Å². The number of halogens is 1. The van der Waals surface area contributed by atoms with Crippen LogP contribution >= 0.6 is 11.6 Å². The minimum Gasteiger partial charge on any atom is -0.480 e. The maximum absolute atomic E-state index is 11.1. The third-order valence-electron chi connectivity index (χ3n) is 3.10. The van der Waals surface area contributed by atoms with E-state index in [1.165, 1.54) is 0 Å². The average Bonchev–Trinajstić information content (AvgIpc) is 2.50. The molecule has 1 unspecified atom stereocenters. The van der Waals surface area contributed by atoms with Crippen LogP contribution in [0.3, 0.4) is 0 Å². The summed E-state index contributed by atoms with van der Waals surface area (Å²) in [5.74, 6) is -0.863. The van der Waals surface area contributed by atoms with Gasteiger partial charge in [0.1, 0.15) is 10.7 Å². The summed E-state index contributed by atoms with van der Waals surface area (Å²) in [6.07, 6.45) is 0.499. The van der Waals surface area contributed by atoms with Gasteiger partial charge in [-0.15, -0.1) is 0 Å². The summed E-state index contributed by atoms with van der Waals surface area (Å²) >= 11 is 6.08. The van der Waals surface area contributed by atoms with Gasteiger partial charge in [-0.05, 0) is 20.3 Å². The van der Waals surface area contributed by atoms with Crippen LogP contribution in [0.5, 0.6) is 0 Å². The zero-order valence-electron chi connectivity index (χ0n) is 10.5. The van der Waals surface area contributed by atoms with E-state index in [-0.39, 0.29) is 0 Å². The van der Waals surface area contributed by atoms with Crippen LogP contribution in [-0.4, -0.2) is 26.4 Å². The van der Waals surface area contributed by atoms with Gasteiger partial charge in [0, 0.05) is 19.2 Å². The molecule has 0 aliphatic heterocycles. The van der Waals surface area contributed by atoms with Crippen molar-refractivity contribution in [1.82, 2.24) is 15.1 Å². The Morgan fingerprint density at radius 3 is 2.59 bits per heavy atom. The van der Waals surface area contributed by atoms with Gasteiger partial charge < -0.3 is 5.11 Å². The van der Waals surface area contributed by atoms with Crippen molar-refractivity contribution in [2.75, 3.05) is 0 Å². The van der Waals surface area contributed by atoms with E-state index < -0.39 is 11.5 Å². The third kappa shape index (κ3) is 2.79. The molecule has 0 saturated carbocycles. The van der Waals surface area contributed by atoms with Crippen molar-refractivity contribution in [3.8, 4) is 0 Å². The first-order valence-electron chi connectivity index (χ1n) is 5.48. The molecule has 0 aliphatic rings. The zero-order valence-corrected chi connectivity index (χ0v) is 11.3. The molecule has 2 N–H and O–H groups in total. The van der Waals surface area contributed by atoms with Crippen molar-refractivity contribution < 1.29 is 9.90 Å². The normalized spacial score (nSPS) is 14.6. The SMILES string of the molecule is CCC(C)(NCc1c(C)nn(C)c1Cl)C(=O)O. The van der Waals surface area contributed by atoms with Crippen LogP contribution in [0, 0.1) is 6.92 Å². The molecule has 0 spiro atoms. The van der Waals surface area contributed by atoms with Gasteiger partial charge in [0.05, 0.1) is 5.69 Å². The summed E-state index contributed by atoms with van der Waals surface area (Å²) in [5.41, 5.74) is 0.718. The first kappa shape index (κ1) is 14.0. The van der Waals surface area contributed by atoms with Crippen molar-refractivity contribution >= 4 is 17.6 Å². The average molecular weight is 260 g/mol. The summed E-state index contributed by atoms with van der Waals surface area (Å²) in [7, 11) is 1.76. The summed E-state index contributed by atoms with van der Waals surface area (Å²) < 4.78 is 1.58. The molecule has 0 aliphatic carbocycles.